The molecule has 74 valence electrons. The molecule has 0 aliphatic carbocycles. The molecule has 0 radical (unpaired) electrons. The first-order valence-corrected chi connectivity index (χ1v) is 4.89. The lowest BCUT2D eigenvalue weighted by molar-refractivity contribution is 0.240. The summed E-state index contributed by atoms with van der Waals surface area (Å²) in [4.78, 5) is 0. The maximum absolute atomic E-state index is 9.42. The third kappa shape index (κ3) is 1.48. The van der Waals surface area contributed by atoms with Crippen LogP contribution >= 0.6 is 0 Å². The highest BCUT2D eigenvalue weighted by atomic mass is 16.5. The summed E-state index contributed by atoms with van der Waals surface area (Å²) in [5, 5.41) is 9.42. The van der Waals surface area contributed by atoms with E-state index in [0.29, 0.717) is 0 Å². The fraction of sp³-hybridized carbons (Fsp3) is 0.333. The van der Waals surface area contributed by atoms with Crippen LogP contribution in [0.3, 0.4) is 0 Å². The minimum Gasteiger partial charge on any atom is -0.508 e. The second kappa shape index (κ2) is 3.37. The molecule has 0 unspecified atom stereocenters. The number of aryl methyl sites for hydroxylation is 1. The summed E-state index contributed by atoms with van der Waals surface area (Å²) >= 11 is 0. The summed E-state index contributed by atoms with van der Waals surface area (Å²) in [7, 11) is 0. The van der Waals surface area contributed by atoms with Crippen molar-refractivity contribution in [2.45, 2.75) is 26.4 Å². The molecule has 14 heavy (non-hydrogen) atoms. The van der Waals surface area contributed by atoms with Gasteiger partial charge in [-0.1, -0.05) is 13.0 Å². The molecule has 0 saturated heterocycles. The van der Waals surface area contributed by atoms with Crippen molar-refractivity contribution in [1.82, 2.24) is 0 Å². The third-order valence-electron chi connectivity index (χ3n) is 2.49. The van der Waals surface area contributed by atoms with Crippen molar-refractivity contribution in [3.05, 3.63) is 29.3 Å². The molecule has 1 aromatic carbocycles. The summed E-state index contributed by atoms with van der Waals surface area (Å²) in [6.07, 6.45) is 5.22. The van der Waals surface area contributed by atoms with Crippen LogP contribution in [0.1, 0.15) is 24.5 Å². The molecule has 2 nitrogen and oxygen atoms in total. The van der Waals surface area contributed by atoms with Crippen LogP contribution in [0.4, 0.5) is 0 Å². The van der Waals surface area contributed by atoms with Crippen LogP contribution in [0.15, 0.2) is 18.2 Å². The Morgan fingerprint density at radius 2 is 2.21 bits per heavy atom. The van der Waals surface area contributed by atoms with E-state index in [4.69, 9.17) is 4.74 Å². The number of fused-ring (bicyclic) bond motifs is 1. The van der Waals surface area contributed by atoms with Crippen LogP contribution in [0.25, 0.3) is 6.08 Å². The summed E-state index contributed by atoms with van der Waals surface area (Å²) < 4.78 is 5.70. The predicted octanol–water partition coefficient (Wildman–Crippen LogP) is 2.88. The number of hydrogen-bond acceptors (Lipinski definition) is 2. The van der Waals surface area contributed by atoms with Gasteiger partial charge in [-0.2, -0.15) is 0 Å². The highest BCUT2D eigenvalue weighted by molar-refractivity contribution is 5.65. The topological polar surface area (TPSA) is 29.5 Å². The summed E-state index contributed by atoms with van der Waals surface area (Å²) in [5.74, 6) is 1.06. The number of hydrogen-bond donors (Lipinski definition) is 1. The molecule has 1 atom stereocenters. The van der Waals surface area contributed by atoms with Gasteiger partial charge in [-0.25, -0.2) is 0 Å². The molecule has 1 aliphatic heterocycles. The minimum atomic E-state index is 0.142. The second-order valence-corrected chi connectivity index (χ2v) is 3.60. The van der Waals surface area contributed by atoms with E-state index < -0.39 is 0 Å². The fourth-order valence-corrected chi connectivity index (χ4v) is 1.68. The predicted molar refractivity (Wildman–Crippen MR) is 56.6 cm³/mol. The molecule has 2 heteroatoms. The van der Waals surface area contributed by atoms with Crippen molar-refractivity contribution in [2.24, 2.45) is 0 Å². The molecule has 1 N–H and O–H groups in total. The molecule has 0 bridgehead atoms. The van der Waals surface area contributed by atoms with Gasteiger partial charge in [0.15, 0.2) is 0 Å². The zero-order chi connectivity index (χ0) is 10.1. The number of rotatable bonds is 1. The maximum atomic E-state index is 9.42. The van der Waals surface area contributed by atoms with Gasteiger partial charge in [-0.3, -0.25) is 0 Å². The Morgan fingerprint density at radius 3 is 2.93 bits per heavy atom. The molecule has 0 amide bonds. The Labute approximate surface area is 83.8 Å². The van der Waals surface area contributed by atoms with E-state index in [9.17, 15) is 5.11 Å². The first kappa shape index (κ1) is 9.13. The van der Waals surface area contributed by atoms with E-state index >= 15 is 0 Å². The SMILES string of the molecule is CC[C@@H]1C=Cc2c(C)cc(O)cc2O1. The Bertz CT molecular complexity index is 380. The molecular formula is C12H14O2. The minimum absolute atomic E-state index is 0.142. The lowest BCUT2D eigenvalue weighted by Gasteiger charge is -2.21. The third-order valence-corrected chi connectivity index (χ3v) is 2.49. The Kier molecular flexibility index (Phi) is 2.20. The van der Waals surface area contributed by atoms with E-state index in [1.165, 1.54) is 0 Å². The quantitative estimate of drug-likeness (QED) is 0.737. The first-order valence-electron chi connectivity index (χ1n) is 4.89. The van der Waals surface area contributed by atoms with Gasteiger partial charge in [0.05, 0.1) is 0 Å². The van der Waals surface area contributed by atoms with E-state index in [2.05, 4.69) is 19.1 Å². The van der Waals surface area contributed by atoms with Crippen molar-refractivity contribution in [2.75, 3.05) is 0 Å². The average molecular weight is 190 g/mol. The van der Waals surface area contributed by atoms with Gasteiger partial charge in [-0.15, -0.1) is 0 Å². The van der Waals surface area contributed by atoms with Gasteiger partial charge in [0, 0.05) is 11.6 Å². The van der Waals surface area contributed by atoms with Crippen LogP contribution in [-0.2, 0) is 0 Å². The lowest BCUT2D eigenvalue weighted by Crippen LogP contribution is -2.15. The number of ether oxygens (including phenoxy) is 1. The van der Waals surface area contributed by atoms with E-state index in [1.54, 1.807) is 12.1 Å². The zero-order valence-corrected chi connectivity index (χ0v) is 8.45. The van der Waals surface area contributed by atoms with Crippen molar-refractivity contribution in [3.8, 4) is 11.5 Å². The Hall–Kier alpha value is -1.44. The Balaban J connectivity index is 2.45. The monoisotopic (exact) mass is 190 g/mol. The largest absolute Gasteiger partial charge is 0.508 e. The van der Waals surface area contributed by atoms with Crippen LogP contribution < -0.4 is 4.74 Å². The van der Waals surface area contributed by atoms with Gasteiger partial charge in [0.25, 0.3) is 0 Å². The number of aromatic hydroxyl groups is 1. The van der Waals surface area contributed by atoms with Crippen molar-refractivity contribution >= 4 is 6.08 Å². The molecule has 1 aromatic rings. The van der Waals surface area contributed by atoms with Crippen LogP contribution in [0.2, 0.25) is 0 Å². The van der Waals surface area contributed by atoms with Gasteiger partial charge in [-0.05, 0) is 31.1 Å². The molecular weight excluding hydrogens is 176 g/mol. The molecule has 1 heterocycles. The fourth-order valence-electron chi connectivity index (χ4n) is 1.68. The maximum Gasteiger partial charge on any atom is 0.131 e. The number of phenolic OH excluding ortho intramolecular Hbond substituents is 1. The lowest BCUT2D eigenvalue weighted by atomic mass is 10.0. The molecule has 0 fully saturated rings. The summed E-state index contributed by atoms with van der Waals surface area (Å²) in [6, 6.07) is 3.42. The van der Waals surface area contributed by atoms with Crippen molar-refractivity contribution in [1.29, 1.82) is 0 Å². The van der Waals surface area contributed by atoms with Gasteiger partial charge in [0.2, 0.25) is 0 Å². The molecule has 1 aliphatic rings. The summed E-state index contributed by atoms with van der Waals surface area (Å²) in [5.41, 5.74) is 2.12. The van der Waals surface area contributed by atoms with Gasteiger partial charge >= 0.3 is 0 Å². The highest BCUT2D eigenvalue weighted by Crippen LogP contribution is 2.33. The molecule has 0 saturated carbocycles. The number of benzene rings is 1. The highest BCUT2D eigenvalue weighted by Gasteiger charge is 2.15. The van der Waals surface area contributed by atoms with Gasteiger partial charge < -0.3 is 9.84 Å². The first-order chi connectivity index (χ1) is 6.70. The smallest absolute Gasteiger partial charge is 0.131 e. The van der Waals surface area contributed by atoms with Crippen molar-refractivity contribution < 1.29 is 9.84 Å². The second-order valence-electron chi connectivity index (χ2n) is 3.60. The molecule has 2 rings (SSSR count). The molecule has 0 spiro atoms. The van der Waals surface area contributed by atoms with E-state index in [-0.39, 0.29) is 11.9 Å². The average Bonchev–Trinajstić information content (AvgIpc) is 2.16. The zero-order valence-electron chi connectivity index (χ0n) is 8.45. The van der Waals surface area contributed by atoms with Crippen LogP contribution in [0, 0.1) is 6.92 Å². The van der Waals surface area contributed by atoms with Crippen LogP contribution in [-0.4, -0.2) is 11.2 Å². The van der Waals surface area contributed by atoms with Crippen LogP contribution in [0.5, 0.6) is 11.5 Å². The van der Waals surface area contributed by atoms with E-state index in [1.807, 2.05) is 6.92 Å². The molecule has 0 aromatic heterocycles. The standard InChI is InChI=1S/C12H14O2/c1-3-10-4-5-11-8(2)6-9(13)7-12(11)14-10/h4-7,10,13H,3H2,1-2H3/t10-/m1/s1. The normalized spacial score (nSPS) is 18.9. The number of phenols is 1. The van der Waals surface area contributed by atoms with Gasteiger partial charge in [0.1, 0.15) is 17.6 Å². The van der Waals surface area contributed by atoms with Crippen molar-refractivity contribution in [3.63, 3.8) is 0 Å². The van der Waals surface area contributed by atoms with E-state index in [0.717, 1.165) is 23.3 Å². The Morgan fingerprint density at radius 1 is 1.43 bits per heavy atom. The summed E-state index contributed by atoms with van der Waals surface area (Å²) in [6.45, 7) is 4.05.